The lowest BCUT2D eigenvalue weighted by Crippen LogP contribution is -2.52. The van der Waals surface area contributed by atoms with Gasteiger partial charge < -0.3 is 15.0 Å². The molecule has 2 saturated heterocycles. The molecule has 0 aliphatic carbocycles. The molecular formula is C33H35F2N3O2. The van der Waals surface area contributed by atoms with E-state index in [1.807, 2.05) is 17.0 Å². The number of fused-ring (bicyclic) bond motifs is 2. The van der Waals surface area contributed by atoms with Crippen molar-refractivity contribution in [2.24, 2.45) is 0 Å². The first kappa shape index (κ1) is 27.9. The fourth-order valence-corrected chi connectivity index (χ4v) is 6.34. The van der Waals surface area contributed by atoms with Crippen LogP contribution in [-0.2, 0) is 11.2 Å². The van der Waals surface area contributed by atoms with Crippen molar-refractivity contribution >= 4 is 5.91 Å². The third-order valence-electron chi connectivity index (χ3n) is 8.12. The molecule has 7 heteroatoms. The lowest BCUT2D eigenvalue weighted by molar-refractivity contribution is 0.0551. The van der Waals surface area contributed by atoms with Crippen molar-refractivity contribution in [3.63, 3.8) is 0 Å². The molecule has 0 spiro atoms. The molecule has 2 aliphatic rings. The third-order valence-corrected chi connectivity index (χ3v) is 8.12. The van der Waals surface area contributed by atoms with E-state index in [4.69, 9.17) is 4.74 Å². The first-order valence-electron chi connectivity index (χ1n) is 14.0. The summed E-state index contributed by atoms with van der Waals surface area (Å²) in [6, 6.07) is 17.6. The molecule has 2 fully saturated rings. The molecule has 0 saturated carbocycles. The van der Waals surface area contributed by atoms with Gasteiger partial charge >= 0.3 is 0 Å². The van der Waals surface area contributed by atoms with E-state index in [-0.39, 0.29) is 23.6 Å². The number of carbonyl (C=O) groups is 1. The molecule has 2 unspecified atom stereocenters. The molecule has 0 aromatic heterocycles. The van der Waals surface area contributed by atoms with Crippen molar-refractivity contribution in [3.05, 3.63) is 82.9 Å². The summed E-state index contributed by atoms with van der Waals surface area (Å²) in [5.74, 6) is -1.11. The molecule has 1 amide bonds. The topological polar surface area (TPSA) is 65.4 Å². The van der Waals surface area contributed by atoms with Crippen molar-refractivity contribution in [2.75, 3.05) is 13.7 Å². The minimum Gasteiger partial charge on any atom is -0.384 e. The van der Waals surface area contributed by atoms with E-state index in [2.05, 4.69) is 19.2 Å². The zero-order valence-electron chi connectivity index (χ0n) is 23.2. The number of carbonyl (C=O) groups excluding carboxylic acids is 1. The van der Waals surface area contributed by atoms with Crippen LogP contribution in [0.2, 0.25) is 0 Å². The number of ether oxygens (including phenoxy) is 1. The van der Waals surface area contributed by atoms with E-state index in [0.717, 1.165) is 31.2 Å². The van der Waals surface area contributed by atoms with Crippen LogP contribution < -0.4 is 5.32 Å². The SMILES string of the molecule is COCCc1ccc(-c2ccc(C(=O)N3C4CCC3CC(NC(C)C)C4)cc2-c2ccc(C#N)c(F)c2)c(F)c1. The van der Waals surface area contributed by atoms with Gasteiger partial charge in [-0.15, -0.1) is 0 Å². The van der Waals surface area contributed by atoms with Crippen LogP contribution in [0, 0.1) is 23.0 Å². The molecule has 2 aliphatic heterocycles. The number of nitrogens with one attached hydrogen (secondary N) is 1. The molecule has 2 atom stereocenters. The number of methoxy groups -OCH3 is 1. The molecule has 2 heterocycles. The van der Waals surface area contributed by atoms with Crippen molar-refractivity contribution < 1.29 is 18.3 Å². The second-order valence-electron chi connectivity index (χ2n) is 11.2. The van der Waals surface area contributed by atoms with Crippen LogP contribution in [-0.4, -0.2) is 48.7 Å². The van der Waals surface area contributed by atoms with Crippen LogP contribution in [0.25, 0.3) is 22.3 Å². The van der Waals surface area contributed by atoms with Crippen LogP contribution in [0.4, 0.5) is 8.78 Å². The summed E-state index contributed by atoms with van der Waals surface area (Å²) in [5.41, 5.74) is 3.17. The number of amides is 1. The summed E-state index contributed by atoms with van der Waals surface area (Å²) in [4.78, 5) is 15.9. The number of hydrogen-bond acceptors (Lipinski definition) is 4. The molecule has 3 aromatic carbocycles. The number of hydrogen-bond donors (Lipinski definition) is 1. The Kier molecular flexibility index (Phi) is 8.30. The number of nitrogens with zero attached hydrogens (tertiary/aromatic N) is 2. The van der Waals surface area contributed by atoms with Gasteiger partial charge in [0, 0.05) is 42.4 Å². The third kappa shape index (κ3) is 5.65. The van der Waals surface area contributed by atoms with Crippen LogP contribution >= 0.6 is 0 Å². The van der Waals surface area contributed by atoms with Gasteiger partial charge in [-0.05, 0) is 84.7 Å². The molecule has 2 bridgehead atoms. The molecular weight excluding hydrogens is 508 g/mol. The predicted octanol–water partition coefficient (Wildman–Crippen LogP) is 6.49. The van der Waals surface area contributed by atoms with Crippen LogP contribution in [0.3, 0.4) is 0 Å². The summed E-state index contributed by atoms with van der Waals surface area (Å²) in [6.07, 6.45) is 4.40. The zero-order valence-corrected chi connectivity index (χ0v) is 23.2. The Morgan fingerprint density at radius 3 is 2.35 bits per heavy atom. The zero-order chi connectivity index (χ0) is 28.4. The molecule has 3 aromatic rings. The van der Waals surface area contributed by atoms with Gasteiger partial charge in [0.15, 0.2) is 0 Å². The Morgan fingerprint density at radius 2 is 1.73 bits per heavy atom. The van der Waals surface area contributed by atoms with Gasteiger partial charge in [0.2, 0.25) is 0 Å². The average Bonchev–Trinajstić information content (AvgIpc) is 3.20. The number of benzene rings is 3. The first-order valence-corrected chi connectivity index (χ1v) is 14.0. The monoisotopic (exact) mass is 543 g/mol. The van der Waals surface area contributed by atoms with Crippen LogP contribution in [0.15, 0.2) is 54.6 Å². The minimum absolute atomic E-state index is 0.0483. The quantitative estimate of drug-likeness (QED) is 0.353. The first-order chi connectivity index (χ1) is 19.3. The van der Waals surface area contributed by atoms with Crippen molar-refractivity contribution in [2.45, 2.75) is 70.1 Å². The van der Waals surface area contributed by atoms with Crippen molar-refractivity contribution in [1.29, 1.82) is 5.26 Å². The highest BCUT2D eigenvalue weighted by atomic mass is 19.1. The summed E-state index contributed by atoms with van der Waals surface area (Å²) in [7, 11) is 1.60. The Labute approximate surface area is 234 Å². The highest BCUT2D eigenvalue weighted by Gasteiger charge is 2.43. The van der Waals surface area contributed by atoms with Gasteiger partial charge in [0.05, 0.1) is 12.2 Å². The number of rotatable bonds is 8. The lowest BCUT2D eigenvalue weighted by atomic mass is 9.90. The van der Waals surface area contributed by atoms with Crippen molar-refractivity contribution in [1.82, 2.24) is 10.2 Å². The van der Waals surface area contributed by atoms with Gasteiger partial charge in [-0.2, -0.15) is 5.26 Å². The predicted molar refractivity (Wildman–Crippen MR) is 152 cm³/mol. The van der Waals surface area contributed by atoms with Crippen LogP contribution in [0.1, 0.15) is 61.0 Å². The molecule has 40 heavy (non-hydrogen) atoms. The molecule has 5 rings (SSSR count). The van der Waals surface area contributed by atoms with E-state index in [1.54, 1.807) is 37.4 Å². The van der Waals surface area contributed by atoms with Gasteiger partial charge in [-0.1, -0.05) is 38.1 Å². The maximum atomic E-state index is 15.4. The Balaban J connectivity index is 1.53. The Bertz CT molecular complexity index is 1430. The molecule has 0 radical (unpaired) electrons. The number of nitriles is 1. The summed E-state index contributed by atoms with van der Waals surface area (Å²) in [6.45, 7) is 4.77. The fourth-order valence-electron chi connectivity index (χ4n) is 6.34. The van der Waals surface area contributed by atoms with E-state index >= 15 is 4.39 Å². The van der Waals surface area contributed by atoms with E-state index in [9.17, 15) is 14.4 Å². The molecule has 1 N–H and O–H groups in total. The van der Waals surface area contributed by atoms with Gasteiger partial charge in [-0.25, -0.2) is 8.78 Å². The summed E-state index contributed by atoms with van der Waals surface area (Å²) in [5, 5.41) is 12.9. The second kappa shape index (κ2) is 11.9. The average molecular weight is 544 g/mol. The maximum absolute atomic E-state index is 15.4. The smallest absolute Gasteiger partial charge is 0.254 e. The highest BCUT2D eigenvalue weighted by Crippen LogP contribution is 2.39. The Hall–Kier alpha value is -3.60. The second-order valence-corrected chi connectivity index (χ2v) is 11.2. The summed E-state index contributed by atoms with van der Waals surface area (Å²) < 4.78 is 35.2. The van der Waals surface area contributed by atoms with Crippen LogP contribution in [0.5, 0.6) is 0 Å². The number of piperidine rings is 1. The van der Waals surface area contributed by atoms with Gasteiger partial charge in [0.25, 0.3) is 5.91 Å². The molecule has 208 valence electrons. The Morgan fingerprint density at radius 1 is 1.00 bits per heavy atom. The maximum Gasteiger partial charge on any atom is 0.254 e. The van der Waals surface area contributed by atoms with Gasteiger partial charge in [0.1, 0.15) is 17.7 Å². The van der Waals surface area contributed by atoms with Gasteiger partial charge in [-0.3, -0.25) is 4.79 Å². The van der Waals surface area contributed by atoms with E-state index in [1.165, 1.54) is 18.2 Å². The van der Waals surface area contributed by atoms with E-state index < -0.39 is 11.6 Å². The fraction of sp³-hybridized carbons (Fsp3) is 0.394. The van der Waals surface area contributed by atoms with E-state index in [0.29, 0.717) is 52.9 Å². The summed E-state index contributed by atoms with van der Waals surface area (Å²) >= 11 is 0. The molecule has 5 nitrogen and oxygen atoms in total. The minimum atomic E-state index is -0.657. The largest absolute Gasteiger partial charge is 0.384 e. The van der Waals surface area contributed by atoms with Crippen molar-refractivity contribution in [3.8, 4) is 28.3 Å². The highest BCUT2D eigenvalue weighted by molar-refractivity contribution is 5.98. The normalized spacial score (nSPS) is 20.1. The standard InChI is InChI=1S/C33H35F2N3O2/c1-20(2)37-25-17-26-8-9-27(18-25)38(26)33(39)23-7-11-28(29-10-4-21(12-13-40-3)14-32(29)35)30(15-23)22-5-6-24(19-36)31(34)16-22/h4-7,10-11,14-16,20,25-27,37H,8-9,12-13,17-18H2,1-3H3. The lowest BCUT2D eigenvalue weighted by Gasteiger charge is -2.40. The number of halogens is 2.